The Bertz CT molecular complexity index is 351. The number of hydrogen-bond donors (Lipinski definition) is 3. The molecule has 1 aromatic heterocycles. The van der Waals surface area contributed by atoms with E-state index in [-0.39, 0.29) is 0 Å². The summed E-state index contributed by atoms with van der Waals surface area (Å²) in [4.78, 5) is 8.24. The zero-order chi connectivity index (χ0) is 11.4. The lowest BCUT2D eigenvalue weighted by atomic mass is 10.1. The fourth-order valence-corrected chi connectivity index (χ4v) is 2.83. The maximum Gasteiger partial charge on any atom is 0.223 e. The van der Waals surface area contributed by atoms with Crippen LogP contribution in [-0.2, 0) is 0 Å². The Morgan fingerprint density at radius 2 is 2.00 bits per heavy atom. The van der Waals surface area contributed by atoms with Crippen molar-refractivity contribution in [3.8, 4) is 0 Å². The van der Waals surface area contributed by atoms with Gasteiger partial charge < -0.3 is 16.4 Å². The summed E-state index contributed by atoms with van der Waals surface area (Å²) in [5, 5.41) is 6.38. The molecule has 1 fully saturated rings. The molecule has 4 N–H and O–H groups in total. The van der Waals surface area contributed by atoms with Gasteiger partial charge in [-0.2, -0.15) is 21.7 Å². The summed E-state index contributed by atoms with van der Waals surface area (Å²) in [5.74, 6) is 4.31. The van der Waals surface area contributed by atoms with Crippen molar-refractivity contribution in [1.29, 1.82) is 0 Å². The molecule has 88 valence electrons. The SMILES string of the molecule is CNc1cc(NC2CCSCC2)nc(N)n1. The van der Waals surface area contributed by atoms with E-state index < -0.39 is 0 Å². The van der Waals surface area contributed by atoms with Gasteiger partial charge in [-0.15, -0.1) is 0 Å². The van der Waals surface area contributed by atoms with Gasteiger partial charge in [0.2, 0.25) is 5.95 Å². The van der Waals surface area contributed by atoms with Crippen molar-refractivity contribution in [2.24, 2.45) is 0 Å². The summed E-state index contributed by atoms with van der Waals surface area (Å²) in [5.41, 5.74) is 5.63. The average molecular weight is 239 g/mol. The Kier molecular flexibility index (Phi) is 3.71. The third-order valence-corrected chi connectivity index (χ3v) is 3.62. The molecular weight excluding hydrogens is 222 g/mol. The Morgan fingerprint density at radius 1 is 1.31 bits per heavy atom. The fourth-order valence-electron chi connectivity index (χ4n) is 1.72. The van der Waals surface area contributed by atoms with E-state index in [1.165, 1.54) is 24.3 Å². The minimum absolute atomic E-state index is 0.305. The molecular formula is C10H17N5S. The zero-order valence-electron chi connectivity index (χ0n) is 9.36. The first-order valence-electron chi connectivity index (χ1n) is 5.44. The monoisotopic (exact) mass is 239 g/mol. The van der Waals surface area contributed by atoms with Crippen LogP contribution in [0.2, 0.25) is 0 Å². The molecule has 2 heterocycles. The first-order chi connectivity index (χ1) is 7.78. The van der Waals surface area contributed by atoms with Gasteiger partial charge in [0.1, 0.15) is 11.6 Å². The molecule has 0 saturated carbocycles. The quantitative estimate of drug-likeness (QED) is 0.740. The van der Waals surface area contributed by atoms with Crippen molar-refractivity contribution in [3.05, 3.63) is 6.07 Å². The number of nitrogens with zero attached hydrogens (tertiary/aromatic N) is 2. The van der Waals surface area contributed by atoms with Crippen molar-refractivity contribution in [2.75, 3.05) is 34.9 Å². The molecule has 0 spiro atoms. The van der Waals surface area contributed by atoms with E-state index in [4.69, 9.17) is 5.73 Å². The molecule has 1 saturated heterocycles. The molecule has 0 amide bonds. The van der Waals surface area contributed by atoms with Crippen LogP contribution >= 0.6 is 11.8 Å². The number of aromatic nitrogens is 2. The second-order valence-corrected chi connectivity index (χ2v) is 5.00. The Balaban J connectivity index is 2.04. The maximum absolute atomic E-state index is 5.63. The summed E-state index contributed by atoms with van der Waals surface area (Å²) in [6.07, 6.45) is 2.37. The summed E-state index contributed by atoms with van der Waals surface area (Å²) < 4.78 is 0. The van der Waals surface area contributed by atoms with Gasteiger partial charge in [0.05, 0.1) is 0 Å². The van der Waals surface area contributed by atoms with Crippen molar-refractivity contribution < 1.29 is 0 Å². The van der Waals surface area contributed by atoms with Crippen molar-refractivity contribution in [3.63, 3.8) is 0 Å². The van der Waals surface area contributed by atoms with Gasteiger partial charge in [-0.25, -0.2) is 0 Å². The summed E-state index contributed by atoms with van der Waals surface area (Å²) in [6.45, 7) is 0. The van der Waals surface area contributed by atoms with Gasteiger partial charge in [0.25, 0.3) is 0 Å². The molecule has 0 radical (unpaired) electrons. The molecule has 0 aromatic carbocycles. The molecule has 0 unspecified atom stereocenters. The first-order valence-corrected chi connectivity index (χ1v) is 6.60. The number of nitrogen functional groups attached to an aromatic ring is 1. The van der Waals surface area contributed by atoms with Gasteiger partial charge in [-0.1, -0.05) is 0 Å². The van der Waals surface area contributed by atoms with Gasteiger partial charge in [0, 0.05) is 19.2 Å². The van der Waals surface area contributed by atoms with Crippen LogP contribution in [0.3, 0.4) is 0 Å². The normalized spacial score (nSPS) is 17.1. The molecule has 16 heavy (non-hydrogen) atoms. The predicted molar refractivity (Wildman–Crippen MR) is 70.0 cm³/mol. The molecule has 0 atom stereocenters. The minimum atomic E-state index is 0.305. The van der Waals surface area contributed by atoms with Crippen LogP contribution in [-0.4, -0.2) is 34.6 Å². The fraction of sp³-hybridized carbons (Fsp3) is 0.600. The van der Waals surface area contributed by atoms with E-state index in [1.807, 2.05) is 24.9 Å². The van der Waals surface area contributed by atoms with Crippen molar-refractivity contribution in [2.45, 2.75) is 18.9 Å². The van der Waals surface area contributed by atoms with E-state index in [2.05, 4.69) is 20.6 Å². The second kappa shape index (κ2) is 5.25. The third kappa shape index (κ3) is 2.91. The van der Waals surface area contributed by atoms with Crippen LogP contribution in [0, 0.1) is 0 Å². The van der Waals surface area contributed by atoms with Gasteiger partial charge in [0.15, 0.2) is 0 Å². The van der Waals surface area contributed by atoms with E-state index in [0.29, 0.717) is 12.0 Å². The number of thioether (sulfide) groups is 1. The van der Waals surface area contributed by atoms with Gasteiger partial charge in [-0.05, 0) is 24.3 Å². The van der Waals surface area contributed by atoms with Crippen molar-refractivity contribution >= 4 is 29.3 Å². The molecule has 1 aromatic rings. The lowest BCUT2D eigenvalue weighted by Gasteiger charge is -2.23. The molecule has 0 aliphatic carbocycles. The summed E-state index contributed by atoms with van der Waals surface area (Å²) in [7, 11) is 1.82. The van der Waals surface area contributed by atoms with Crippen LogP contribution in [0.25, 0.3) is 0 Å². The molecule has 6 heteroatoms. The van der Waals surface area contributed by atoms with Crippen LogP contribution in [0.4, 0.5) is 17.6 Å². The highest BCUT2D eigenvalue weighted by molar-refractivity contribution is 7.99. The van der Waals surface area contributed by atoms with E-state index in [9.17, 15) is 0 Å². The smallest absolute Gasteiger partial charge is 0.223 e. The lowest BCUT2D eigenvalue weighted by Crippen LogP contribution is -2.25. The highest BCUT2D eigenvalue weighted by atomic mass is 32.2. The molecule has 2 rings (SSSR count). The maximum atomic E-state index is 5.63. The predicted octanol–water partition coefficient (Wildman–Crippen LogP) is 1.41. The van der Waals surface area contributed by atoms with Crippen molar-refractivity contribution in [1.82, 2.24) is 9.97 Å². The van der Waals surface area contributed by atoms with Crippen LogP contribution in [0.5, 0.6) is 0 Å². The van der Waals surface area contributed by atoms with E-state index in [0.717, 1.165) is 11.6 Å². The van der Waals surface area contributed by atoms with Crippen LogP contribution < -0.4 is 16.4 Å². The van der Waals surface area contributed by atoms with E-state index in [1.54, 1.807) is 0 Å². The number of nitrogens with one attached hydrogen (secondary N) is 2. The number of anilines is 3. The van der Waals surface area contributed by atoms with Crippen LogP contribution in [0.15, 0.2) is 6.07 Å². The standard InChI is InChI=1S/C10H17N5S/c1-12-8-6-9(15-10(11)14-8)13-7-2-4-16-5-3-7/h6-7H,2-5H2,1H3,(H4,11,12,13,14,15). The second-order valence-electron chi connectivity index (χ2n) is 3.78. The highest BCUT2D eigenvalue weighted by Crippen LogP contribution is 2.21. The molecule has 1 aliphatic heterocycles. The largest absolute Gasteiger partial charge is 0.373 e. The topological polar surface area (TPSA) is 75.9 Å². The third-order valence-electron chi connectivity index (χ3n) is 2.57. The lowest BCUT2D eigenvalue weighted by molar-refractivity contribution is 0.664. The first kappa shape index (κ1) is 11.3. The molecule has 5 nitrogen and oxygen atoms in total. The minimum Gasteiger partial charge on any atom is -0.373 e. The van der Waals surface area contributed by atoms with E-state index >= 15 is 0 Å². The Morgan fingerprint density at radius 3 is 2.69 bits per heavy atom. The summed E-state index contributed by atoms with van der Waals surface area (Å²) >= 11 is 2.01. The number of rotatable bonds is 3. The average Bonchev–Trinajstić information content (AvgIpc) is 2.29. The summed E-state index contributed by atoms with van der Waals surface area (Å²) in [6, 6.07) is 2.40. The molecule has 0 bridgehead atoms. The molecule has 1 aliphatic rings. The van der Waals surface area contributed by atoms with Gasteiger partial charge >= 0.3 is 0 Å². The Labute approximate surface area is 99.6 Å². The highest BCUT2D eigenvalue weighted by Gasteiger charge is 2.14. The zero-order valence-corrected chi connectivity index (χ0v) is 10.2. The van der Waals surface area contributed by atoms with Crippen LogP contribution in [0.1, 0.15) is 12.8 Å². The number of hydrogen-bond acceptors (Lipinski definition) is 6. The number of nitrogens with two attached hydrogens (primary N) is 1. The van der Waals surface area contributed by atoms with Gasteiger partial charge in [-0.3, -0.25) is 0 Å². The Hall–Kier alpha value is -1.17.